The van der Waals surface area contributed by atoms with Crippen LogP contribution in [0.1, 0.15) is 21.5 Å². The van der Waals surface area contributed by atoms with Crippen LogP contribution in [0.15, 0.2) is 12.1 Å². The third-order valence-electron chi connectivity index (χ3n) is 1.92. The molecule has 0 spiro atoms. The highest BCUT2D eigenvalue weighted by atomic mass is 16.5. The van der Waals surface area contributed by atoms with E-state index in [2.05, 4.69) is 5.92 Å². The minimum atomic E-state index is 0.252. The number of ether oxygens (including phenoxy) is 1. The van der Waals surface area contributed by atoms with E-state index in [0.717, 1.165) is 23.2 Å². The summed E-state index contributed by atoms with van der Waals surface area (Å²) < 4.78 is 5.36. The summed E-state index contributed by atoms with van der Waals surface area (Å²) in [7, 11) is 0. The van der Waals surface area contributed by atoms with E-state index in [4.69, 9.17) is 11.2 Å². The molecule has 0 aliphatic carbocycles. The summed E-state index contributed by atoms with van der Waals surface area (Å²) in [6, 6.07) is 3.57. The molecule has 0 saturated heterocycles. The summed E-state index contributed by atoms with van der Waals surface area (Å²) in [4.78, 5) is 10.6. The average molecular weight is 188 g/mol. The number of aryl methyl sites for hydroxylation is 2. The second-order valence-corrected chi connectivity index (χ2v) is 3.09. The van der Waals surface area contributed by atoms with Gasteiger partial charge >= 0.3 is 0 Å². The molecular formula is C12H12O2. The lowest BCUT2D eigenvalue weighted by atomic mass is 10.1. The van der Waals surface area contributed by atoms with Crippen LogP contribution in [-0.4, -0.2) is 12.9 Å². The molecule has 0 amide bonds. The van der Waals surface area contributed by atoms with E-state index >= 15 is 0 Å². The van der Waals surface area contributed by atoms with Crippen molar-refractivity contribution >= 4 is 6.29 Å². The zero-order valence-electron chi connectivity index (χ0n) is 8.33. The first-order chi connectivity index (χ1) is 6.69. The van der Waals surface area contributed by atoms with Gasteiger partial charge in [-0.1, -0.05) is 5.92 Å². The Morgan fingerprint density at radius 2 is 2.00 bits per heavy atom. The van der Waals surface area contributed by atoms with Crippen molar-refractivity contribution in [2.45, 2.75) is 13.8 Å². The molecule has 0 bridgehead atoms. The Morgan fingerprint density at radius 3 is 2.43 bits per heavy atom. The smallest absolute Gasteiger partial charge is 0.150 e. The first kappa shape index (κ1) is 10.3. The van der Waals surface area contributed by atoms with Gasteiger partial charge in [0.2, 0.25) is 0 Å². The number of benzene rings is 1. The maximum absolute atomic E-state index is 10.6. The fourth-order valence-corrected chi connectivity index (χ4v) is 1.39. The first-order valence-corrected chi connectivity index (χ1v) is 4.31. The number of rotatable bonds is 3. The standard InChI is InChI=1S/C12H12O2/c1-4-5-14-12-9(2)6-11(8-13)7-10(12)3/h1,6-8H,5H2,2-3H3. The highest BCUT2D eigenvalue weighted by Crippen LogP contribution is 2.23. The van der Waals surface area contributed by atoms with Gasteiger partial charge in [0.05, 0.1) is 0 Å². The van der Waals surface area contributed by atoms with Crippen molar-refractivity contribution in [1.29, 1.82) is 0 Å². The molecule has 1 aromatic rings. The summed E-state index contributed by atoms with van der Waals surface area (Å²) in [6.45, 7) is 4.04. The van der Waals surface area contributed by atoms with Gasteiger partial charge in [0.25, 0.3) is 0 Å². The summed E-state index contributed by atoms with van der Waals surface area (Å²) in [5.74, 6) is 3.18. The number of hydrogen-bond acceptors (Lipinski definition) is 2. The van der Waals surface area contributed by atoms with Gasteiger partial charge in [0.1, 0.15) is 18.6 Å². The minimum absolute atomic E-state index is 0.252. The van der Waals surface area contributed by atoms with Crippen molar-refractivity contribution in [3.8, 4) is 18.1 Å². The lowest BCUT2D eigenvalue weighted by Gasteiger charge is -2.10. The van der Waals surface area contributed by atoms with Gasteiger partial charge in [0, 0.05) is 5.56 Å². The zero-order chi connectivity index (χ0) is 10.6. The molecule has 1 rings (SSSR count). The Morgan fingerprint density at radius 1 is 1.43 bits per heavy atom. The van der Waals surface area contributed by atoms with Crippen LogP contribution >= 0.6 is 0 Å². The molecule has 2 heteroatoms. The third kappa shape index (κ3) is 2.14. The highest BCUT2D eigenvalue weighted by Gasteiger charge is 2.05. The van der Waals surface area contributed by atoms with E-state index in [1.54, 1.807) is 12.1 Å². The van der Waals surface area contributed by atoms with Gasteiger partial charge in [-0.2, -0.15) is 0 Å². The Kier molecular flexibility index (Phi) is 3.30. The molecule has 0 heterocycles. The van der Waals surface area contributed by atoms with Gasteiger partial charge in [-0.3, -0.25) is 4.79 Å². The molecule has 72 valence electrons. The molecule has 0 fully saturated rings. The van der Waals surface area contributed by atoms with Crippen LogP contribution in [0.2, 0.25) is 0 Å². The van der Waals surface area contributed by atoms with E-state index in [1.807, 2.05) is 13.8 Å². The summed E-state index contributed by atoms with van der Waals surface area (Å²) >= 11 is 0. The number of terminal acetylenes is 1. The number of aldehydes is 1. The SMILES string of the molecule is C#CCOc1c(C)cc(C=O)cc1C. The maximum Gasteiger partial charge on any atom is 0.150 e. The van der Waals surface area contributed by atoms with Crippen molar-refractivity contribution in [3.63, 3.8) is 0 Å². The van der Waals surface area contributed by atoms with E-state index in [0.29, 0.717) is 5.56 Å². The molecule has 0 N–H and O–H groups in total. The van der Waals surface area contributed by atoms with Crippen LogP contribution in [0.4, 0.5) is 0 Å². The molecular weight excluding hydrogens is 176 g/mol. The predicted molar refractivity (Wildman–Crippen MR) is 55.6 cm³/mol. The molecule has 0 atom stereocenters. The van der Waals surface area contributed by atoms with E-state index < -0.39 is 0 Å². The molecule has 0 aliphatic heterocycles. The minimum Gasteiger partial charge on any atom is -0.480 e. The fraction of sp³-hybridized carbons (Fsp3) is 0.250. The Balaban J connectivity index is 3.06. The lowest BCUT2D eigenvalue weighted by molar-refractivity contribution is 0.112. The van der Waals surface area contributed by atoms with Gasteiger partial charge in [0.15, 0.2) is 0 Å². The Labute approximate surface area is 83.9 Å². The molecule has 14 heavy (non-hydrogen) atoms. The van der Waals surface area contributed by atoms with Gasteiger partial charge < -0.3 is 4.74 Å². The summed E-state index contributed by atoms with van der Waals surface area (Å²) in [5, 5.41) is 0. The molecule has 2 nitrogen and oxygen atoms in total. The molecule has 0 aromatic heterocycles. The van der Waals surface area contributed by atoms with Crippen LogP contribution < -0.4 is 4.74 Å². The quantitative estimate of drug-likeness (QED) is 0.536. The van der Waals surface area contributed by atoms with Crippen molar-refractivity contribution < 1.29 is 9.53 Å². The number of hydrogen-bond donors (Lipinski definition) is 0. The van der Waals surface area contributed by atoms with Gasteiger partial charge in [-0.05, 0) is 37.1 Å². The number of carbonyl (C=O) groups is 1. The third-order valence-corrected chi connectivity index (χ3v) is 1.92. The fourth-order valence-electron chi connectivity index (χ4n) is 1.39. The topological polar surface area (TPSA) is 26.3 Å². The lowest BCUT2D eigenvalue weighted by Crippen LogP contribution is -1.99. The van der Waals surface area contributed by atoms with Gasteiger partial charge in [-0.25, -0.2) is 0 Å². The normalized spacial score (nSPS) is 9.21. The van der Waals surface area contributed by atoms with Crippen LogP contribution in [0.3, 0.4) is 0 Å². The maximum atomic E-state index is 10.6. The Bertz CT molecular complexity index is 363. The molecule has 0 aliphatic rings. The van der Waals surface area contributed by atoms with Crippen LogP contribution in [-0.2, 0) is 0 Å². The van der Waals surface area contributed by atoms with E-state index in [9.17, 15) is 4.79 Å². The second kappa shape index (κ2) is 4.48. The molecule has 0 saturated carbocycles. The van der Waals surface area contributed by atoms with Crippen LogP contribution in [0, 0.1) is 26.2 Å². The average Bonchev–Trinajstić information content (AvgIpc) is 2.16. The van der Waals surface area contributed by atoms with Crippen molar-refractivity contribution in [2.75, 3.05) is 6.61 Å². The zero-order valence-corrected chi connectivity index (χ0v) is 8.33. The Hall–Kier alpha value is -1.75. The molecule has 0 unspecified atom stereocenters. The number of carbonyl (C=O) groups excluding carboxylic acids is 1. The molecule has 1 aromatic carbocycles. The van der Waals surface area contributed by atoms with Crippen LogP contribution in [0.5, 0.6) is 5.75 Å². The summed E-state index contributed by atoms with van der Waals surface area (Å²) in [6.07, 6.45) is 5.93. The van der Waals surface area contributed by atoms with Gasteiger partial charge in [-0.15, -0.1) is 6.42 Å². The summed E-state index contributed by atoms with van der Waals surface area (Å²) in [5.41, 5.74) is 2.53. The van der Waals surface area contributed by atoms with Crippen molar-refractivity contribution in [3.05, 3.63) is 28.8 Å². The van der Waals surface area contributed by atoms with Crippen molar-refractivity contribution in [1.82, 2.24) is 0 Å². The first-order valence-electron chi connectivity index (χ1n) is 4.31. The second-order valence-electron chi connectivity index (χ2n) is 3.09. The monoisotopic (exact) mass is 188 g/mol. The van der Waals surface area contributed by atoms with Crippen LogP contribution in [0.25, 0.3) is 0 Å². The van der Waals surface area contributed by atoms with E-state index in [1.165, 1.54) is 0 Å². The molecule has 0 radical (unpaired) electrons. The largest absolute Gasteiger partial charge is 0.480 e. The van der Waals surface area contributed by atoms with E-state index in [-0.39, 0.29) is 6.61 Å². The van der Waals surface area contributed by atoms with Crippen molar-refractivity contribution in [2.24, 2.45) is 0 Å². The predicted octanol–water partition coefficient (Wildman–Crippen LogP) is 2.13. The highest BCUT2D eigenvalue weighted by molar-refractivity contribution is 5.76.